The molecule has 0 unspecified atom stereocenters. The van der Waals surface area contributed by atoms with Crippen LogP contribution in [0.25, 0.3) is 0 Å². The molecule has 0 fully saturated rings. The lowest BCUT2D eigenvalue weighted by Crippen LogP contribution is -2.31. The first-order valence-electron chi connectivity index (χ1n) is 6.67. The number of anilines is 1. The van der Waals surface area contributed by atoms with Crippen LogP contribution in [-0.4, -0.2) is 22.5 Å². The Balaban J connectivity index is 2.21. The molecule has 0 saturated heterocycles. The van der Waals surface area contributed by atoms with Crippen LogP contribution in [0, 0.1) is 6.92 Å². The molecule has 2 rings (SSSR count). The summed E-state index contributed by atoms with van der Waals surface area (Å²) >= 11 is 0. The molecule has 0 atom stereocenters. The van der Waals surface area contributed by atoms with Gasteiger partial charge in [-0.2, -0.15) is 0 Å². The summed E-state index contributed by atoms with van der Waals surface area (Å²) in [4.78, 5) is 14.3. The summed E-state index contributed by atoms with van der Waals surface area (Å²) in [5.41, 5.74) is 8.10. The van der Waals surface area contributed by atoms with Crippen molar-refractivity contribution >= 4 is 11.6 Å². The molecule has 1 aromatic carbocycles. The Labute approximate surface area is 118 Å². The fourth-order valence-corrected chi connectivity index (χ4v) is 2.08. The van der Waals surface area contributed by atoms with Gasteiger partial charge in [-0.3, -0.25) is 4.79 Å². The Morgan fingerprint density at radius 2 is 2.15 bits per heavy atom. The standard InChI is InChI=1S/C15H19N3O2/c1-3-8-18(10-12-6-4-5-7-14(12)16)15(19)13-9-17-20-11(13)2/h4-7,9H,3,8,10,16H2,1-2H3. The number of aromatic nitrogens is 1. The summed E-state index contributed by atoms with van der Waals surface area (Å²) in [7, 11) is 0. The summed E-state index contributed by atoms with van der Waals surface area (Å²) in [5.74, 6) is 0.464. The fourth-order valence-electron chi connectivity index (χ4n) is 2.08. The predicted molar refractivity (Wildman–Crippen MR) is 77.1 cm³/mol. The Hall–Kier alpha value is -2.30. The molecule has 0 aliphatic rings. The van der Waals surface area contributed by atoms with E-state index in [0.717, 1.165) is 12.0 Å². The Bertz CT molecular complexity index is 592. The lowest BCUT2D eigenvalue weighted by molar-refractivity contribution is 0.0742. The van der Waals surface area contributed by atoms with E-state index in [4.69, 9.17) is 10.3 Å². The number of carbonyl (C=O) groups is 1. The van der Waals surface area contributed by atoms with Gasteiger partial charge in [0.2, 0.25) is 0 Å². The van der Waals surface area contributed by atoms with Crippen LogP contribution in [0.5, 0.6) is 0 Å². The number of aryl methyl sites for hydroxylation is 1. The van der Waals surface area contributed by atoms with Crippen LogP contribution in [0.2, 0.25) is 0 Å². The third-order valence-corrected chi connectivity index (χ3v) is 3.18. The smallest absolute Gasteiger partial charge is 0.259 e. The van der Waals surface area contributed by atoms with Gasteiger partial charge in [0.15, 0.2) is 0 Å². The molecule has 106 valence electrons. The van der Waals surface area contributed by atoms with E-state index in [1.165, 1.54) is 6.20 Å². The molecule has 0 radical (unpaired) electrons. The molecule has 0 saturated carbocycles. The van der Waals surface area contributed by atoms with Crippen molar-refractivity contribution in [2.24, 2.45) is 0 Å². The van der Waals surface area contributed by atoms with Gasteiger partial charge >= 0.3 is 0 Å². The van der Waals surface area contributed by atoms with Gasteiger partial charge in [-0.1, -0.05) is 30.3 Å². The molecule has 1 heterocycles. The van der Waals surface area contributed by atoms with Crippen LogP contribution in [0.1, 0.15) is 35.0 Å². The van der Waals surface area contributed by atoms with Crippen molar-refractivity contribution in [2.75, 3.05) is 12.3 Å². The number of hydrogen-bond acceptors (Lipinski definition) is 4. The molecular formula is C15H19N3O2. The lowest BCUT2D eigenvalue weighted by Gasteiger charge is -2.22. The number of carbonyl (C=O) groups excluding carboxylic acids is 1. The second-order valence-electron chi connectivity index (χ2n) is 4.72. The normalized spacial score (nSPS) is 10.5. The van der Waals surface area contributed by atoms with Crippen molar-refractivity contribution in [2.45, 2.75) is 26.8 Å². The highest BCUT2D eigenvalue weighted by Gasteiger charge is 2.20. The van der Waals surface area contributed by atoms with Crippen molar-refractivity contribution in [3.63, 3.8) is 0 Å². The first kappa shape index (κ1) is 14.1. The Kier molecular flexibility index (Phi) is 4.40. The zero-order chi connectivity index (χ0) is 14.5. The van der Waals surface area contributed by atoms with Crippen molar-refractivity contribution < 1.29 is 9.32 Å². The summed E-state index contributed by atoms with van der Waals surface area (Å²) < 4.78 is 4.97. The van der Waals surface area contributed by atoms with Crippen LogP contribution in [-0.2, 0) is 6.54 Å². The molecule has 20 heavy (non-hydrogen) atoms. The van der Waals surface area contributed by atoms with Crippen LogP contribution in [0.4, 0.5) is 5.69 Å². The number of rotatable bonds is 5. The van der Waals surface area contributed by atoms with Crippen molar-refractivity contribution in [1.82, 2.24) is 10.1 Å². The quantitative estimate of drug-likeness (QED) is 0.850. The minimum atomic E-state index is -0.0751. The minimum Gasteiger partial charge on any atom is -0.398 e. The highest BCUT2D eigenvalue weighted by atomic mass is 16.5. The largest absolute Gasteiger partial charge is 0.398 e. The van der Waals surface area contributed by atoms with Crippen LogP contribution in [0.15, 0.2) is 35.0 Å². The van der Waals surface area contributed by atoms with Crippen molar-refractivity contribution in [1.29, 1.82) is 0 Å². The molecule has 0 bridgehead atoms. The molecule has 5 heteroatoms. The minimum absolute atomic E-state index is 0.0751. The van der Waals surface area contributed by atoms with Gasteiger partial charge in [0.25, 0.3) is 5.91 Å². The number of hydrogen-bond donors (Lipinski definition) is 1. The number of amides is 1. The third-order valence-electron chi connectivity index (χ3n) is 3.18. The van der Waals surface area contributed by atoms with Gasteiger partial charge < -0.3 is 15.2 Å². The highest BCUT2D eigenvalue weighted by molar-refractivity contribution is 5.94. The van der Waals surface area contributed by atoms with E-state index in [9.17, 15) is 4.79 Å². The van der Waals surface area contributed by atoms with Crippen LogP contribution < -0.4 is 5.73 Å². The van der Waals surface area contributed by atoms with Gasteiger partial charge in [0.05, 0.1) is 6.20 Å². The van der Waals surface area contributed by atoms with Gasteiger partial charge in [-0.25, -0.2) is 0 Å². The molecule has 0 aliphatic heterocycles. The van der Waals surface area contributed by atoms with E-state index in [0.29, 0.717) is 30.1 Å². The molecule has 1 aromatic heterocycles. The van der Waals surface area contributed by atoms with E-state index in [1.807, 2.05) is 31.2 Å². The zero-order valence-corrected chi connectivity index (χ0v) is 11.8. The van der Waals surface area contributed by atoms with Crippen LogP contribution >= 0.6 is 0 Å². The Morgan fingerprint density at radius 1 is 1.40 bits per heavy atom. The van der Waals surface area contributed by atoms with E-state index in [2.05, 4.69) is 5.16 Å². The third kappa shape index (κ3) is 2.99. The lowest BCUT2D eigenvalue weighted by atomic mass is 10.1. The zero-order valence-electron chi connectivity index (χ0n) is 11.8. The first-order valence-corrected chi connectivity index (χ1v) is 6.67. The van der Waals surface area contributed by atoms with Gasteiger partial charge in [-0.05, 0) is 25.0 Å². The maximum absolute atomic E-state index is 12.5. The topological polar surface area (TPSA) is 72.4 Å². The number of benzene rings is 1. The molecular weight excluding hydrogens is 254 g/mol. The van der Waals surface area contributed by atoms with Crippen LogP contribution in [0.3, 0.4) is 0 Å². The molecule has 0 spiro atoms. The predicted octanol–water partition coefficient (Wildman–Crippen LogP) is 2.62. The second-order valence-corrected chi connectivity index (χ2v) is 4.72. The van der Waals surface area contributed by atoms with E-state index in [-0.39, 0.29) is 5.91 Å². The van der Waals surface area contributed by atoms with Crippen molar-refractivity contribution in [3.8, 4) is 0 Å². The van der Waals surface area contributed by atoms with E-state index in [1.54, 1.807) is 11.8 Å². The van der Waals surface area contributed by atoms with Crippen molar-refractivity contribution in [3.05, 3.63) is 47.3 Å². The van der Waals surface area contributed by atoms with Gasteiger partial charge in [-0.15, -0.1) is 0 Å². The Morgan fingerprint density at radius 3 is 2.75 bits per heavy atom. The van der Waals surface area contributed by atoms with E-state index < -0.39 is 0 Å². The number of nitrogens with zero attached hydrogens (tertiary/aromatic N) is 2. The molecule has 5 nitrogen and oxygen atoms in total. The molecule has 2 N–H and O–H groups in total. The SMILES string of the molecule is CCCN(Cc1ccccc1N)C(=O)c1cnoc1C. The second kappa shape index (κ2) is 6.23. The number of para-hydroxylation sites is 1. The summed E-state index contributed by atoms with van der Waals surface area (Å²) in [6.07, 6.45) is 2.34. The maximum atomic E-state index is 12.5. The summed E-state index contributed by atoms with van der Waals surface area (Å²) in [6.45, 7) is 4.93. The first-order chi connectivity index (χ1) is 9.63. The number of nitrogens with two attached hydrogens (primary N) is 1. The average Bonchev–Trinajstić information content (AvgIpc) is 2.86. The molecule has 2 aromatic rings. The summed E-state index contributed by atoms with van der Waals surface area (Å²) in [5, 5.41) is 3.66. The van der Waals surface area contributed by atoms with E-state index >= 15 is 0 Å². The summed E-state index contributed by atoms with van der Waals surface area (Å²) in [6, 6.07) is 7.58. The monoisotopic (exact) mass is 273 g/mol. The average molecular weight is 273 g/mol. The molecule has 0 aliphatic carbocycles. The number of nitrogen functional groups attached to an aromatic ring is 1. The fraction of sp³-hybridized carbons (Fsp3) is 0.333. The highest BCUT2D eigenvalue weighted by Crippen LogP contribution is 2.17. The van der Waals surface area contributed by atoms with Gasteiger partial charge in [0, 0.05) is 18.8 Å². The maximum Gasteiger partial charge on any atom is 0.259 e. The van der Waals surface area contributed by atoms with Gasteiger partial charge in [0.1, 0.15) is 11.3 Å². The molecule has 1 amide bonds.